The maximum absolute atomic E-state index is 14.0. The van der Waals surface area contributed by atoms with E-state index < -0.39 is 11.6 Å². The predicted molar refractivity (Wildman–Crippen MR) is 107 cm³/mol. The van der Waals surface area contributed by atoms with E-state index in [2.05, 4.69) is 6.08 Å². The van der Waals surface area contributed by atoms with Crippen LogP contribution >= 0.6 is 0 Å². The van der Waals surface area contributed by atoms with Gasteiger partial charge in [0, 0.05) is 0 Å². The maximum atomic E-state index is 14.0. The summed E-state index contributed by atoms with van der Waals surface area (Å²) in [5.41, 5.74) is 1.20. The van der Waals surface area contributed by atoms with Gasteiger partial charge in [0.1, 0.15) is 6.61 Å². The lowest BCUT2D eigenvalue weighted by molar-refractivity contribution is 0.182. The zero-order valence-electron chi connectivity index (χ0n) is 16.9. The fourth-order valence-electron chi connectivity index (χ4n) is 5.14. The Bertz CT molecular complexity index is 703. The van der Waals surface area contributed by atoms with Crippen molar-refractivity contribution >= 4 is 0 Å². The van der Waals surface area contributed by atoms with Crippen LogP contribution in [-0.4, -0.2) is 13.7 Å². The van der Waals surface area contributed by atoms with Crippen molar-refractivity contribution in [2.45, 2.75) is 64.2 Å². The van der Waals surface area contributed by atoms with Crippen molar-refractivity contribution in [3.63, 3.8) is 0 Å². The second-order valence-electron chi connectivity index (χ2n) is 9.04. The molecule has 2 nitrogen and oxygen atoms in total. The number of methoxy groups -OCH3 is 1. The molecular weight excluding hydrogens is 358 g/mol. The van der Waals surface area contributed by atoms with E-state index >= 15 is 0 Å². The lowest BCUT2D eigenvalue weighted by atomic mass is 9.70. The van der Waals surface area contributed by atoms with Gasteiger partial charge >= 0.3 is 0 Å². The standard InChI is InChI=1S/C24H32F2O2/c1-27-21-12-13-22(24(26)23(21)25)28-15-18-6-10-20(11-7-18)19-8-4-17(5-9-19)14-16-2-3-16/h6,12-13,16-17,19-20H,2-5,7-11,14-15H2,1H3. The molecule has 4 heteroatoms. The van der Waals surface area contributed by atoms with Crippen molar-refractivity contribution in [2.75, 3.05) is 13.7 Å². The smallest absolute Gasteiger partial charge is 0.204 e. The van der Waals surface area contributed by atoms with E-state index in [-0.39, 0.29) is 11.5 Å². The summed E-state index contributed by atoms with van der Waals surface area (Å²) >= 11 is 0. The third-order valence-corrected chi connectivity index (χ3v) is 7.11. The molecule has 3 aliphatic rings. The van der Waals surface area contributed by atoms with E-state index in [1.54, 1.807) is 0 Å². The highest BCUT2D eigenvalue weighted by molar-refractivity contribution is 5.35. The SMILES string of the molecule is COc1ccc(OCC2=CCC(C3CCC(CC4CC4)CC3)CC2)c(F)c1F. The first-order valence-electron chi connectivity index (χ1n) is 11.0. The van der Waals surface area contributed by atoms with Gasteiger partial charge in [-0.05, 0) is 79.9 Å². The van der Waals surface area contributed by atoms with Crippen molar-refractivity contribution in [1.82, 2.24) is 0 Å². The van der Waals surface area contributed by atoms with Crippen molar-refractivity contribution < 1.29 is 18.3 Å². The van der Waals surface area contributed by atoms with Crippen molar-refractivity contribution in [1.29, 1.82) is 0 Å². The molecular formula is C24H32F2O2. The average molecular weight is 391 g/mol. The largest absolute Gasteiger partial charge is 0.494 e. The fourth-order valence-corrected chi connectivity index (χ4v) is 5.14. The summed E-state index contributed by atoms with van der Waals surface area (Å²) in [5.74, 6) is 1.61. The number of allylic oxidation sites excluding steroid dienone is 1. The first-order valence-corrected chi connectivity index (χ1v) is 11.0. The molecule has 0 bridgehead atoms. The highest BCUT2D eigenvalue weighted by atomic mass is 19.2. The van der Waals surface area contributed by atoms with Gasteiger partial charge < -0.3 is 9.47 Å². The van der Waals surface area contributed by atoms with Gasteiger partial charge in [0.2, 0.25) is 11.6 Å². The Balaban J connectivity index is 1.24. The monoisotopic (exact) mass is 390 g/mol. The molecule has 1 unspecified atom stereocenters. The Kier molecular flexibility index (Phi) is 6.22. The second-order valence-corrected chi connectivity index (χ2v) is 9.04. The van der Waals surface area contributed by atoms with E-state index in [0.29, 0.717) is 6.61 Å². The molecule has 154 valence electrons. The van der Waals surface area contributed by atoms with E-state index in [1.165, 1.54) is 76.2 Å². The minimum absolute atomic E-state index is 0.0460. The van der Waals surface area contributed by atoms with Gasteiger partial charge in [0.05, 0.1) is 7.11 Å². The summed E-state index contributed by atoms with van der Waals surface area (Å²) < 4.78 is 38.2. The summed E-state index contributed by atoms with van der Waals surface area (Å²) in [4.78, 5) is 0. The Morgan fingerprint density at radius 3 is 2.11 bits per heavy atom. The molecule has 2 fully saturated rings. The van der Waals surface area contributed by atoms with Crippen LogP contribution in [0.3, 0.4) is 0 Å². The molecule has 2 saturated carbocycles. The third kappa shape index (κ3) is 4.69. The summed E-state index contributed by atoms with van der Waals surface area (Å²) in [6, 6.07) is 2.84. The number of rotatable bonds is 7. The van der Waals surface area contributed by atoms with E-state index in [1.807, 2.05) is 0 Å². The van der Waals surface area contributed by atoms with Crippen LogP contribution in [0.15, 0.2) is 23.8 Å². The van der Waals surface area contributed by atoms with E-state index in [0.717, 1.165) is 36.5 Å². The van der Waals surface area contributed by atoms with Crippen LogP contribution in [0.5, 0.6) is 11.5 Å². The molecule has 0 heterocycles. The van der Waals surface area contributed by atoms with Crippen LogP contribution in [0.4, 0.5) is 8.78 Å². The molecule has 0 amide bonds. The topological polar surface area (TPSA) is 18.5 Å². The second kappa shape index (κ2) is 8.84. The quantitative estimate of drug-likeness (QED) is 0.483. The van der Waals surface area contributed by atoms with Gasteiger partial charge in [-0.1, -0.05) is 31.8 Å². The lowest BCUT2D eigenvalue weighted by Crippen LogP contribution is -2.24. The van der Waals surface area contributed by atoms with Crippen LogP contribution in [0.2, 0.25) is 0 Å². The molecule has 1 aromatic rings. The number of halogens is 2. The van der Waals surface area contributed by atoms with E-state index in [9.17, 15) is 8.78 Å². The highest BCUT2D eigenvalue weighted by Crippen LogP contribution is 2.44. The molecule has 4 rings (SSSR count). The average Bonchev–Trinajstić information content (AvgIpc) is 3.54. The maximum Gasteiger partial charge on any atom is 0.204 e. The molecule has 3 aliphatic carbocycles. The van der Waals surface area contributed by atoms with Crippen LogP contribution in [0.25, 0.3) is 0 Å². The fraction of sp³-hybridized carbons (Fsp3) is 0.667. The zero-order chi connectivity index (χ0) is 19.5. The molecule has 0 spiro atoms. The Labute approximate surface area is 167 Å². The predicted octanol–water partition coefficient (Wildman–Crippen LogP) is 6.69. The molecule has 0 aromatic heterocycles. The Hall–Kier alpha value is -1.58. The van der Waals surface area contributed by atoms with Gasteiger partial charge in [-0.15, -0.1) is 0 Å². The van der Waals surface area contributed by atoms with Gasteiger partial charge in [-0.2, -0.15) is 8.78 Å². The van der Waals surface area contributed by atoms with Crippen LogP contribution in [-0.2, 0) is 0 Å². The van der Waals surface area contributed by atoms with Crippen LogP contribution in [0, 0.1) is 35.3 Å². The summed E-state index contributed by atoms with van der Waals surface area (Å²) in [6.07, 6.45) is 15.7. The van der Waals surface area contributed by atoms with Gasteiger partial charge in [-0.3, -0.25) is 0 Å². The zero-order valence-corrected chi connectivity index (χ0v) is 16.9. The number of ether oxygens (including phenoxy) is 2. The minimum atomic E-state index is -0.991. The van der Waals surface area contributed by atoms with Gasteiger partial charge in [0.25, 0.3) is 0 Å². The summed E-state index contributed by atoms with van der Waals surface area (Å²) in [5, 5.41) is 0. The normalized spacial score (nSPS) is 28.0. The Morgan fingerprint density at radius 2 is 1.50 bits per heavy atom. The van der Waals surface area contributed by atoms with Crippen molar-refractivity contribution in [3.05, 3.63) is 35.4 Å². The van der Waals surface area contributed by atoms with Crippen LogP contribution < -0.4 is 9.47 Å². The molecule has 0 saturated heterocycles. The number of benzene rings is 1. The molecule has 28 heavy (non-hydrogen) atoms. The van der Waals surface area contributed by atoms with Gasteiger partial charge in [0.15, 0.2) is 11.5 Å². The molecule has 1 aromatic carbocycles. The highest BCUT2D eigenvalue weighted by Gasteiger charge is 2.31. The minimum Gasteiger partial charge on any atom is -0.494 e. The summed E-state index contributed by atoms with van der Waals surface area (Å²) in [6.45, 7) is 0.337. The van der Waals surface area contributed by atoms with Crippen molar-refractivity contribution in [2.24, 2.45) is 23.7 Å². The summed E-state index contributed by atoms with van der Waals surface area (Å²) in [7, 11) is 1.32. The molecule has 0 aliphatic heterocycles. The third-order valence-electron chi connectivity index (χ3n) is 7.11. The van der Waals surface area contributed by atoms with Crippen molar-refractivity contribution in [3.8, 4) is 11.5 Å². The first kappa shape index (κ1) is 19.7. The Morgan fingerprint density at radius 1 is 0.857 bits per heavy atom. The molecule has 1 atom stereocenters. The van der Waals surface area contributed by atoms with Gasteiger partial charge in [-0.25, -0.2) is 0 Å². The van der Waals surface area contributed by atoms with E-state index in [4.69, 9.17) is 9.47 Å². The molecule has 0 N–H and O–H groups in total. The first-order chi connectivity index (χ1) is 13.6. The number of hydrogen-bond acceptors (Lipinski definition) is 2. The number of hydrogen-bond donors (Lipinski definition) is 0. The lowest BCUT2D eigenvalue weighted by Gasteiger charge is -2.35. The molecule has 0 radical (unpaired) electrons. The van der Waals surface area contributed by atoms with Crippen LogP contribution in [0.1, 0.15) is 64.2 Å².